The van der Waals surface area contributed by atoms with Crippen molar-refractivity contribution < 1.29 is 9.53 Å². The number of pyridine rings is 1. The summed E-state index contributed by atoms with van der Waals surface area (Å²) in [5, 5.41) is 0. The number of hydrogen-bond acceptors (Lipinski definition) is 3. The van der Waals surface area contributed by atoms with E-state index in [1.165, 1.54) is 6.92 Å². The van der Waals surface area contributed by atoms with Gasteiger partial charge in [-0.2, -0.15) is 0 Å². The maximum atomic E-state index is 11.5. The van der Waals surface area contributed by atoms with Crippen molar-refractivity contribution in [2.45, 2.75) is 13.5 Å². The van der Waals surface area contributed by atoms with E-state index in [4.69, 9.17) is 4.74 Å². The summed E-state index contributed by atoms with van der Waals surface area (Å²) in [6, 6.07) is 9.18. The van der Waals surface area contributed by atoms with Crippen LogP contribution in [0.1, 0.15) is 22.8 Å². The molecule has 0 aliphatic carbocycles. The van der Waals surface area contributed by atoms with Gasteiger partial charge in [-0.1, -0.05) is 15.9 Å². The fourth-order valence-electron chi connectivity index (χ4n) is 1.54. The number of nitrogens with zero attached hydrogens (tertiary/aromatic N) is 1. The molecule has 1 aromatic heterocycles. The molecule has 0 bridgehead atoms. The zero-order chi connectivity index (χ0) is 13.0. The van der Waals surface area contributed by atoms with Crippen molar-refractivity contribution in [1.29, 1.82) is 0 Å². The Kier molecular flexibility index (Phi) is 4.10. The Bertz CT molecular complexity index is 555. The average Bonchev–Trinajstić information content (AvgIpc) is 2.38. The van der Waals surface area contributed by atoms with Gasteiger partial charge in [0.2, 0.25) is 0 Å². The third-order valence-electron chi connectivity index (χ3n) is 2.46. The number of carbonyl (C=O) groups excluding carboxylic acids is 1. The second-order valence-corrected chi connectivity index (χ2v) is 4.76. The molecule has 0 aliphatic heterocycles. The van der Waals surface area contributed by atoms with Crippen molar-refractivity contribution in [3.8, 4) is 5.75 Å². The summed E-state index contributed by atoms with van der Waals surface area (Å²) in [4.78, 5) is 15.5. The Morgan fingerprint density at radius 3 is 2.67 bits per heavy atom. The summed E-state index contributed by atoms with van der Waals surface area (Å²) in [6.07, 6.45) is 3.43. The standard InChI is InChI=1S/C14H12BrNO2/c1-10(17)13-8-12(15)2-3-14(13)18-9-11-4-6-16-7-5-11/h2-8H,9H2,1H3. The van der Waals surface area contributed by atoms with Gasteiger partial charge in [-0.3, -0.25) is 9.78 Å². The summed E-state index contributed by atoms with van der Waals surface area (Å²) in [5.41, 5.74) is 1.60. The van der Waals surface area contributed by atoms with Crippen LogP contribution in [-0.4, -0.2) is 10.8 Å². The van der Waals surface area contributed by atoms with Gasteiger partial charge >= 0.3 is 0 Å². The average molecular weight is 306 g/mol. The second kappa shape index (κ2) is 5.78. The lowest BCUT2D eigenvalue weighted by Crippen LogP contribution is -2.01. The summed E-state index contributed by atoms with van der Waals surface area (Å²) in [5.74, 6) is 0.587. The predicted molar refractivity (Wildman–Crippen MR) is 72.7 cm³/mol. The van der Waals surface area contributed by atoms with Crippen LogP contribution >= 0.6 is 15.9 Å². The molecule has 0 amide bonds. The number of halogens is 1. The number of rotatable bonds is 4. The van der Waals surface area contributed by atoms with E-state index in [0.717, 1.165) is 10.0 Å². The smallest absolute Gasteiger partial charge is 0.163 e. The minimum absolute atomic E-state index is 0.0129. The lowest BCUT2D eigenvalue weighted by Gasteiger charge is -2.10. The number of hydrogen-bond donors (Lipinski definition) is 0. The van der Waals surface area contributed by atoms with Crippen molar-refractivity contribution in [2.75, 3.05) is 0 Å². The highest BCUT2D eigenvalue weighted by Crippen LogP contribution is 2.24. The van der Waals surface area contributed by atoms with Crippen LogP contribution in [0.3, 0.4) is 0 Å². The molecule has 0 spiro atoms. The van der Waals surface area contributed by atoms with Crippen molar-refractivity contribution in [3.63, 3.8) is 0 Å². The number of benzene rings is 1. The molecule has 0 saturated heterocycles. The molecule has 0 N–H and O–H groups in total. The van der Waals surface area contributed by atoms with E-state index in [1.807, 2.05) is 18.2 Å². The number of aromatic nitrogens is 1. The molecule has 2 rings (SSSR count). The fraction of sp³-hybridized carbons (Fsp3) is 0.143. The molecule has 0 unspecified atom stereocenters. The van der Waals surface area contributed by atoms with Gasteiger partial charge in [-0.05, 0) is 42.8 Å². The number of carbonyl (C=O) groups is 1. The second-order valence-electron chi connectivity index (χ2n) is 3.84. The van der Waals surface area contributed by atoms with E-state index >= 15 is 0 Å². The number of Topliss-reactive ketones (excluding diaryl/α,β-unsaturated/α-hetero) is 1. The van der Waals surface area contributed by atoms with Gasteiger partial charge in [-0.25, -0.2) is 0 Å². The van der Waals surface area contributed by atoms with Gasteiger partial charge in [0.25, 0.3) is 0 Å². The highest BCUT2D eigenvalue weighted by molar-refractivity contribution is 9.10. The molecule has 4 heteroatoms. The van der Waals surface area contributed by atoms with Crippen molar-refractivity contribution in [2.24, 2.45) is 0 Å². The Balaban J connectivity index is 2.17. The monoisotopic (exact) mass is 305 g/mol. The molecule has 0 saturated carbocycles. The normalized spacial score (nSPS) is 10.1. The molecule has 0 atom stereocenters. The van der Waals surface area contributed by atoms with Gasteiger partial charge in [-0.15, -0.1) is 0 Å². The van der Waals surface area contributed by atoms with Crippen molar-refractivity contribution in [3.05, 3.63) is 58.3 Å². The molecule has 0 radical (unpaired) electrons. The van der Waals surface area contributed by atoms with Crippen LogP contribution in [0.25, 0.3) is 0 Å². The molecular formula is C14H12BrNO2. The SMILES string of the molecule is CC(=O)c1cc(Br)ccc1OCc1ccncc1. The van der Waals surface area contributed by atoms with E-state index in [-0.39, 0.29) is 5.78 Å². The summed E-state index contributed by atoms with van der Waals surface area (Å²) in [6.45, 7) is 1.95. The van der Waals surface area contributed by atoms with Gasteiger partial charge in [0.05, 0.1) is 5.56 Å². The highest BCUT2D eigenvalue weighted by Gasteiger charge is 2.09. The molecule has 2 aromatic rings. The third kappa shape index (κ3) is 3.17. The van der Waals surface area contributed by atoms with Crippen molar-refractivity contribution in [1.82, 2.24) is 4.98 Å². The van der Waals surface area contributed by atoms with Crippen LogP contribution in [0.2, 0.25) is 0 Å². The molecule has 3 nitrogen and oxygen atoms in total. The minimum atomic E-state index is -0.0129. The van der Waals surface area contributed by atoms with Crippen LogP contribution in [0, 0.1) is 0 Å². The molecule has 92 valence electrons. The van der Waals surface area contributed by atoms with Crippen LogP contribution in [0.4, 0.5) is 0 Å². The maximum Gasteiger partial charge on any atom is 0.163 e. The van der Waals surface area contributed by atoms with Gasteiger partial charge < -0.3 is 4.74 Å². The van der Waals surface area contributed by atoms with E-state index < -0.39 is 0 Å². The highest BCUT2D eigenvalue weighted by atomic mass is 79.9. The molecular weight excluding hydrogens is 294 g/mol. The number of ether oxygens (including phenoxy) is 1. The molecule has 0 fully saturated rings. The minimum Gasteiger partial charge on any atom is -0.488 e. The summed E-state index contributed by atoms with van der Waals surface area (Å²) in [7, 11) is 0. The van der Waals surface area contributed by atoms with E-state index in [1.54, 1.807) is 24.5 Å². The zero-order valence-corrected chi connectivity index (χ0v) is 11.5. The molecule has 1 aromatic carbocycles. The Morgan fingerprint density at radius 2 is 2.00 bits per heavy atom. The maximum absolute atomic E-state index is 11.5. The van der Waals surface area contributed by atoms with Crippen LogP contribution in [0.15, 0.2) is 47.2 Å². The van der Waals surface area contributed by atoms with Gasteiger partial charge in [0, 0.05) is 16.9 Å². The Morgan fingerprint density at radius 1 is 1.28 bits per heavy atom. The van der Waals surface area contributed by atoms with E-state index in [2.05, 4.69) is 20.9 Å². The van der Waals surface area contributed by atoms with Crippen LogP contribution in [-0.2, 0) is 6.61 Å². The topological polar surface area (TPSA) is 39.2 Å². The van der Waals surface area contributed by atoms with Crippen LogP contribution < -0.4 is 4.74 Å². The Hall–Kier alpha value is -1.68. The summed E-state index contributed by atoms with van der Waals surface area (Å²) < 4.78 is 6.53. The fourth-order valence-corrected chi connectivity index (χ4v) is 1.90. The Labute approximate surface area is 114 Å². The first kappa shape index (κ1) is 12.8. The first-order valence-corrected chi connectivity index (χ1v) is 6.28. The molecule has 18 heavy (non-hydrogen) atoms. The lowest BCUT2D eigenvalue weighted by atomic mass is 10.1. The lowest BCUT2D eigenvalue weighted by molar-refractivity contribution is 0.101. The number of ketones is 1. The van der Waals surface area contributed by atoms with Crippen molar-refractivity contribution >= 4 is 21.7 Å². The summed E-state index contributed by atoms with van der Waals surface area (Å²) >= 11 is 3.34. The molecule has 0 aliphatic rings. The first-order chi connectivity index (χ1) is 8.66. The first-order valence-electron chi connectivity index (χ1n) is 5.49. The quantitative estimate of drug-likeness (QED) is 0.810. The van der Waals surface area contributed by atoms with Crippen LogP contribution in [0.5, 0.6) is 5.75 Å². The van der Waals surface area contributed by atoms with Gasteiger partial charge in [0.1, 0.15) is 12.4 Å². The zero-order valence-electron chi connectivity index (χ0n) is 9.89. The molecule has 1 heterocycles. The van der Waals surface area contributed by atoms with E-state index in [0.29, 0.717) is 17.9 Å². The predicted octanol–water partition coefficient (Wildman–Crippen LogP) is 3.63. The largest absolute Gasteiger partial charge is 0.488 e. The van der Waals surface area contributed by atoms with E-state index in [9.17, 15) is 4.79 Å². The third-order valence-corrected chi connectivity index (χ3v) is 2.96. The van der Waals surface area contributed by atoms with Gasteiger partial charge in [0.15, 0.2) is 5.78 Å².